The van der Waals surface area contributed by atoms with E-state index in [9.17, 15) is 18.7 Å². The normalized spacial score (nSPS) is 25.8. The Morgan fingerprint density at radius 1 is 0.976 bits per heavy atom. The van der Waals surface area contributed by atoms with Crippen LogP contribution in [0.1, 0.15) is 57.4 Å². The number of carbonyl (C=O) groups excluding carboxylic acids is 1. The molecule has 0 spiro atoms. The Balaban J connectivity index is 1.18. The Hall–Kier alpha value is -3.38. The lowest BCUT2D eigenvalue weighted by atomic mass is 9.85. The molecule has 3 N–H and O–H groups in total. The lowest BCUT2D eigenvalue weighted by Crippen LogP contribution is -2.49. The highest BCUT2D eigenvalue weighted by atomic mass is 19.1. The van der Waals surface area contributed by atoms with Crippen LogP contribution in [-0.4, -0.2) is 85.7 Å². The second kappa shape index (κ2) is 11.8. The van der Waals surface area contributed by atoms with Gasteiger partial charge in [-0.1, -0.05) is 0 Å². The first-order chi connectivity index (χ1) is 19.8. The van der Waals surface area contributed by atoms with E-state index in [0.717, 1.165) is 70.8 Å². The predicted molar refractivity (Wildman–Crippen MR) is 152 cm³/mol. The number of nitrogens with zero attached hydrogens (tertiary/aromatic N) is 6. The largest absolute Gasteiger partial charge is 0.393 e. The van der Waals surface area contributed by atoms with Crippen LogP contribution in [-0.2, 0) is 4.79 Å². The van der Waals surface area contributed by atoms with Gasteiger partial charge in [0.05, 0.1) is 18.0 Å². The maximum absolute atomic E-state index is 14.5. The molecule has 2 aliphatic carbocycles. The maximum atomic E-state index is 14.5. The van der Waals surface area contributed by atoms with Crippen LogP contribution in [0.2, 0.25) is 0 Å². The van der Waals surface area contributed by atoms with E-state index >= 15 is 0 Å². The Morgan fingerprint density at radius 3 is 2.41 bits per heavy atom. The molecule has 3 heterocycles. The number of hydrogen-bond acceptors (Lipinski definition) is 8. The van der Waals surface area contributed by atoms with Crippen LogP contribution in [0.25, 0.3) is 11.2 Å². The molecular weight excluding hydrogens is 530 g/mol. The van der Waals surface area contributed by atoms with Crippen molar-refractivity contribution in [3.63, 3.8) is 0 Å². The highest BCUT2D eigenvalue weighted by Crippen LogP contribution is 2.36. The summed E-state index contributed by atoms with van der Waals surface area (Å²) in [7, 11) is 2.09. The summed E-state index contributed by atoms with van der Waals surface area (Å²) in [6.07, 6.45) is 7.49. The molecular formula is C29H38F2N8O2. The smallest absolute Gasteiger partial charge is 0.225 e. The molecule has 0 atom stereocenters. The van der Waals surface area contributed by atoms with Gasteiger partial charge in [-0.25, -0.2) is 18.7 Å². The van der Waals surface area contributed by atoms with Gasteiger partial charge in [0.15, 0.2) is 5.65 Å². The number of halogens is 2. The number of anilines is 3. The molecule has 2 aromatic heterocycles. The van der Waals surface area contributed by atoms with Crippen molar-refractivity contribution in [2.24, 2.45) is 5.92 Å². The first-order valence-electron chi connectivity index (χ1n) is 14.7. The minimum atomic E-state index is -0.710. The van der Waals surface area contributed by atoms with Gasteiger partial charge in [0, 0.05) is 50.2 Å². The average molecular weight is 569 g/mol. The lowest BCUT2D eigenvalue weighted by molar-refractivity contribution is -0.138. The van der Waals surface area contributed by atoms with Gasteiger partial charge in [0.25, 0.3) is 0 Å². The molecule has 3 aliphatic rings. The molecule has 0 radical (unpaired) electrons. The number of imidazole rings is 1. The average Bonchev–Trinajstić information content (AvgIpc) is 3.32. The molecule has 2 saturated carbocycles. The van der Waals surface area contributed by atoms with E-state index in [2.05, 4.69) is 32.5 Å². The third-order valence-corrected chi connectivity index (χ3v) is 8.87. The zero-order valence-corrected chi connectivity index (χ0v) is 23.4. The summed E-state index contributed by atoms with van der Waals surface area (Å²) < 4.78 is 30.0. The molecule has 3 fully saturated rings. The van der Waals surface area contributed by atoms with Crippen LogP contribution in [0.3, 0.4) is 0 Å². The lowest BCUT2D eigenvalue weighted by Gasteiger charge is -2.36. The van der Waals surface area contributed by atoms with Crippen LogP contribution in [0.5, 0.6) is 0 Å². The van der Waals surface area contributed by atoms with E-state index in [0.29, 0.717) is 35.9 Å². The quantitative estimate of drug-likeness (QED) is 0.408. The zero-order valence-electron chi connectivity index (χ0n) is 23.4. The van der Waals surface area contributed by atoms with Crippen molar-refractivity contribution in [1.82, 2.24) is 29.3 Å². The fourth-order valence-electron chi connectivity index (χ4n) is 6.37. The van der Waals surface area contributed by atoms with Gasteiger partial charge in [0.1, 0.15) is 17.2 Å². The van der Waals surface area contributed by atoms with E-state index in [-0.39, 0.29) is 35.7 Å². The summed E-state index contributed by atoms with van der Waals surface area (Å²) in [6, 6.07) is 3.55. The van der Waals surface area contributed by atoms with E-state index < -0.39 is 11.6 Å². The molecule has 0 bridgehead atoms. The predicted octanol–water partition coefficient (Wildman–Crippen LogP) is 4.07. The summed E-state index contributed by atoms with van der Waals surface area (Å²) in [6.45, 7) is 3.46. The molecule has 41 heavy (non-hydrogen) atoms. The fourth-order valence-corrected chi connectivity index (χ4v) is 6.37. The summed E-state index contributed by atoms with van der Waals surface area (Å²) >= 11 is 0. The highest BCUT2D eigenvalue weighted by molar-refractivity contribution is 5.79. The number of fused-ring (bicyclic) bond motifs is 1. The molecule has 0 unspecified atom stereocenters. The first-order valence-corrected chi connectivity index (χ1v) is 14.7. The molecule has 1 aromatic carbocycles. The van der Waals surface area contributed by atoms with Gasteiger partial charge >= 0.3 is 0 Å². The van der Waals surface area contributed by atoms with E-state index in [4.69, 9.17) is 4.98 Å². The SMILES string of the molecule is CN1CCN(C(=O)C2CCC(Nc3ncc4nc(Nc5ccc(F)cc5F)n(C5CCC(O)CC5)c4n3)CC2)CC1. The number of likely N-dealkylation sites (N-methyl/N-ethyl adjacent to an activating group) is 1. The minimum absolute atomic E-state index is 0.00758. The first kappa shape index (κ1) is 27.8. The zero-order chi connectivity index (χ0) is 28.5. The van der Waals surface area contributed by atoms with Crippen LogP contribution in [0.4, 0.5) is 26.4 Å². The highest BCUT2D eigenvalue weighted by Gasteiger charge is 2.31. The molecule has 12 heteroatoms. The Kier molecular flexibility index (Phi) is 8.03. The Morgan fingerprint density at radius 2 is 1.71 bits per heavy atom. The summed E-state index contributed by atoms with van der Waals surface area (Å²) in [5.74, 6) is -0.110. The standard InChI is InChI=1S/C29H38F2N8O2/c1-37-12-14-38(15-13-37)27(41)18-2-5-20(6-3-18)33-28-32-17-25-26(36-28)39(21-7-9-22(40)10-8-21)29(35-25)34-24-11-4-19(30)16-23(24)31/h4,11,16-18,20-22,40H,2-3,5-10,12-15H2,1H3,(H,34,35)(H,32,33,36). The maximum Gasteiger partial charge on any atom is 0.225 e. The van der Waals surface area contributed by atoms with Gasteiger partial charge in [-0.05, 0) is 70.5 Å². The number of aliphatic hydroxyl groups is 1. The van der Waals surface area contributed by atoms with Crippen molar-refractivity contribution in [3.8, 4) is 0 Å². The number of benzene rings is 1. The molecule has 1 amide bonds. The van der Waals surface area contributed by atoms with Gasteiger partial charge in [0.2, 0.25) is 17.8 Å². The number of rotatable bonds is 6. The van der Waals surface area contributed by atoms with Crippen molar-refractivity contribution in [3.05, 3.63) is 36.0 Å². The molecule has 10 nitrogen and oxygen atoms in total. The summed E-state index contributed by atoms with van der Waals surface area (Å²) in [4.78, 5) is 31.3. The van der Waals surface area contributed by atoms with Gasteiger partial charge in [-0.3, -0.25) is 9.36 Å². The van der Waals surface area contributed by atoms with Crippen LogP contribution in [0, 0.1) is 17.6 Å². The topological polar surface area (TPSA) is 111 Å². The van der Waals surface area contributed by atoms with Gasteiger partial charge in [-0.2, -0.15) is 4.98 Å². The minimum Gasteiger partial charge on any atom is -0.393 e. The van der Waals surface area contributed by atoms with Gasteiger partial charge < -0.3 is 25.5 Å². The van der Waals surface area contributed by atoms with Crippen molar-refractivity contribution in [2.45, 2.75) is 69.6 Å². The number of piperazine rings is 1. The van der Waals surface area contributed by atoms with Crippen molar-refractivity contribution in [2.75, 3.05) is 43.9 Å². The third kappa shape index (κ3) is 6.13. The summed E-state index contributed by atoms with van der Waals surface area (Å²) in [5.41, 5.74) is 1.30. The number of hydrogen-bond donors (Lipinski definition) is 3. The van der Waals surface area contributed by atoms with Crippen molar-refractivity contribution in [1.29, 1.82) is 0 Å². The second-order valence-electron chi connectivity index (χ2n) is 11.7. The van der Waals surface area contributed by atoms with Crippen LogP contribution in [0.15, 0.2) is 24.4 Å². The number of carbonyl (C=O) groups is 1. The number of aliphatic hydroxyl groups excluding tert-OH is 1. The third-order valence-electron chi connectivity index (χ3n) is 8.87. The number of nitrogens with one attached hydrogen (secondary N) is 2. The van der Waals surface area contributed by atoms with Gasteiger partial charge in [-0.15, -0.1) is 0 Å². The van der Waals surface area contributed by atoms with Crippen LogP contribution < -0.4 is 10.6 Å². The molecule has 1 saturated heterocycles. The van der Waals surface area contributed by atoms with Crippen molar-refractivity contribution >= 4 is 34.7 Å². The summed E-state index contributed by atoms with van der Waals surface area (Å²) in [5, 5.41) is 16.6. The Labute approximate surface area is 238 Å². The number of amides is 1. The molecule has 3 aromatic rings. The van der Waals surface area contributed by atoms with E-state index in [1.807, 2.05) is 9.47 Å². The molecule has 6 rings (SSSR count). The molecule has 1 aliphatic heterocycles. The second-order valence-corrected chi connectivity index (χ2v) is 11.7. The molecule has 220 valence electrons. The van der Waals surface area contributed by atoms with Crippen LogP contribution >= 0.6 is 0 Å². The number of aromatic nitrogens is 4. The monoisotopic (exact) mass is 568 g/mol. The van der Waals surface area contributed by atoms with Crippen molar-refractivity contribution < 1.29 is 18.7 Å². The fraction of sp³-hybridized carbons (Fsp3) is 0.586. The van der Waals surface area contributed by atoms with E-state index in [1.165, 1.54) is 12.1 Å². The van der Waals surface area contributed by atoms with E-state index in [1.54, 1.807) is 6.20 Å². The Bertz CT molecular complexity index is 1380.